The van der Waals surface area contributed by atoms with Crippen LogP contribution in [0, 0.1) is 6.92 Å². The highest BCUT2D eigenvalue weighted by Crippen LogP contribution is 2.13. The Balaban J connectivity index is 2.27. The molecule has 1 aromatic rings. The van der Waals surface area contributed by atoms with Crippen molar-refractivity contribution in [3.05, 3.63) is 5.01 Å². The first kappa shape index (κ1) is 11.6. The van der Waals surface area contributed by atoms with E-state index in [0.29, 0.717) is 11.7 Å². The summed E-state index contributed by atoms with van der Waals surface area (Å²) in [5.41, 5.74) is 0. The Morgan fingerprint density at radius 1 is 1.40 bits per heavy atom. The highest BCUT2D eigenvalue weighted by Gasteiger charge is 2.05. The predicted molar refractivity (Wildman–Crippen MR) is 56.6 cm³/mol. The molecule has 0 fully saturated rings. The van der Waals surface area contributed by atoms with Crippen molar-refractivity contribution in [2.45, 2.75) is 20.3 Å². The second-order valence-corrected chi connectivity index (χ2v) is 4.09. The van der Waals surface area contributed by atoms with E-state index in [-0.39, 0.29) is 18.2 Å². The first-order valence-electron chi connectivity index (χ1n) is 4.42. The molecule has 0 aromatic carbocycles. The normalized spacial score (nSPS) is 9.73. The molecule has 0 radical (unpaired) electrons. The van der Waals surface area contributed by atoms with Gasteiger partial charge in [0.1, 0.15) is 5.01 Å². The summed E-state index contributed by atoms with van der Waals surface area (Å²) in [6.45, 7) is 3.55. The fourth-order valence-electron chi connectivity index (χ4n) is 0.881. The van der Waals surface area contributed by atoms with Gasteiger partial charge in [0.25, 0.3) is 0 Å². The monoisotopic (exact) mass is 228 g/mol. The fourth-order valence-corrected chi connectivity index (χ4v) is 1.49. The van der Waals surface area contributed by atoms with Crippen molar-refractivity contribution < 1.29 is 9.59 Å². The Kier molecular flexibility index (Phi) is 4.17. The summed E-state index contributed by atoms with van der Waals surface area (Å²) in [4.78, 5) is 21.8. The van der Waals surface area contributed by atoms with Gasteiger partial charge in [-0.3, -0.25) is 9.59 Å². The number of hydrogen-bond acceptors (Lipinski definition) is 5. The number of aryl methyl sites for hydroxylation is 1. The van der Waals surface area contributed by atoms with Crippen LogP contribution in [0.1, 0.15) is 18.4 Å². The quantitative estimate of drug-likeness (QED) is 0.777. The molecule has 1 aromatic heterocycles. The maximum Gasteiger partial charge on any atom is 0.227 e. The molecule has 82 valence electrons. The molecule has 0 aliphatic rings. The largest absolute Gasteiger partial charge is 0.356 e. The Labute approximate surface area is 91.1 Å². The summed E-state index contributed by atoms with van der Waals surface area (Å²) in [6.07, 6.45) is 0.234. The van der Waals surface area contributed by atoms with Crippen LogP contribution < -0.4 is 10.6 Å². The van der Waals surface area contributed by atoms with Gasteiger partial charge in [-0.2, -0.15) is 0 Å². The van der Waals surface area contributed by atoms with E-state index in [1.807, 2.05) is 6.92 Å². The summed E-state index contributed by atoms with van der Waals surface area (Å²) in [5, 5.41) is 13.9. The molecule has 1 rings (SSSR count). The first-order chi connectivity index (χ1) is 7.08. The lowest BCUT2D eigenvalue weighted by Gasteiger charge is -2.01. The summed E-state index contributed by atoms with van der Waals surface area (Å²) >= 11 is 1.31. The smallest absolute Gasteiger partial charge is 0.227 e. The fraction of sp³-hybridized carbons (Fsp3) is 0.500. The van der Waals surface area contributed by atoms with Gasteiger partial charge in [-0.05, 0) is 6.92 Å². The Morgan fingerprint density at radius 3 is 2.67 bits per heavy atom. The van der Waals surface area contributed by atoms with E-state index in [9.17, 15) is 9.59 Å². The van der Waals surface area contributed by atoms with E-state index in [0.717, 1.165) is 5.01 Å². The average molecular weight is 228 g/mol. The van der Waals surface area contributed by atoms with E-state index < -0.39 is 0 Å². The Hall–Kier alpha value is -1.50. The Morgan fingerprint density at radius 2 is 2.13 bits per heavy atom. The van der Waals surface area contributed by atoms with Crippen molar-refractivity contribution in [1.29, 1.82) is 0 Å². The minimum Gasteiger partial charge on any atom is -0.356 e. The van der Waals surface area contributed by atoms with Gasteiger partial charge in [0.15, 0.2) is 0 Å². The molecule has 0 spiro atoms. The van der Waals surface area contributed by atoms with Crippen molar-refractivity contribution in [2.75, 3.05) is 11.9 Å². The molecular weight excluding hydrogens is 216 g/mol. The van der Waals surface area contributed by atoms with Crippen LogP contribution in [-0.4, -0.2) is 28.6 Å². The molecule has 15 heavy (non-hydrogen) atoms. The van der Waals surface area contributed by atoms with Gasteiger partial charge in [-0.1, -0.05) is 11.3 Å². The van der Waals surface area contributed by atoms with Crippen molar-refractivity contribution in [3.63, 3.8) is 0 Å². The van der Waals surface area contributed by atoms with Crippen molar-refractivity contribution in [3.8, 4) is 0 Å². The molecule has 0 aliphatic heterocycles. The average Bonchev–Trinajstić information content (AvgIpc) is 2.50. The number of carbonyl (C=O) groups is 2. The topological polar surface area (TPSA) is 84.0 Å². The lowest BCUT2D eigenvalue weighted by atomic mass is 10.4. The van der Waals surface area contributed by atoms with Gasteiger partial charge in [0.2, 0.25) is 16.9 Å². The van der Waals surface area contributed by atoms with Crippen LogP contribution in [0.2, 0.25) is 0 Å². The van der Waals surface area contributed by atoms with E-state index in [1.54, 1.807) is 0 Å². The van der Waals surface area contributed by atoms with Crippen LogP contribution in [-0.2, 0) is 9.59 Å². The zero-order chi connectivity index (χ0) is 11.3. The lowest BCUT2D eigenvalue weighted by Crippen LogP contribution is -2.25. The first-order valence-corrected chi connectivity index (χ1v) is 5.24. The number of hydrogen-bond donors (Lipinski definition) is 2. The summed E-state index contributed by atoms with van der Waals surface area (Å²) in [6, 6.07) is 0. The van der Waals surface area contributed by atoms with Crippen molar-refractivity contribution >= 4 is 28.3 Å². The summed E-state index contributed by atoms with van der Waals surface area (Å²) in [5.74, 6) is -0.325. The molecule has 0 saturated carbocycles. The highest BCUT2D eigenvalue weighted by atomic mass is 32.1. The molecule has 6 nitrogen and oxygen atoms in total. The van der Waals surface area contributed by atoms with Gasteiger partial charge >= 0.3 is 0 Å². The maximum absolute atomic E-state index is 11.3. The van der Waals surface area contributed by atoms with E-state index >= 15 is 0 Å². The van der Waals surface area contributed by atoms with Crippen LogP contribution in [0.4, 0.5) is 5.13 Å². The van der Waals surface area contributed by atoms with Gasteiger partial charge in [-0.25, -0.2) is 0 Å². The highest BCUT2D eigenvalue weighted by molar-refractivity contribution is 7.15. The van der Waals surface area contributed by atoms with Crippen LogP contribution in [0.15, 0.2) is 0 Å². The third-order valence-corrected chi connectivity index (χ3v) is 2.25. The van der Waals surface area contributed by atoms with Crippen LogP contribution in [0.5, 0.6) is 0 Å². The van der Waals surface area contributed by atoms with Crippen molar-refractivity contribution in [2.24, 2.45) is 0 Å². The van der Waals surface area contributed by atoms with Crippen LogP contribution >= 0.6 is 11.3 Å². The second-order valence-electron chi connectivity index (χ2n) is 2.91. The summed E-state index contributed by atoms with van der Waals surface area (Å²) in [7, 11) is 0. The molecule has 0 saturated heterocycles. The number of anilines is 1. The molecule has 2 N–H and O–H groups in total. The van der Waals surface area contributed by atoms with Crippen molar-refractivity contribution in [1.82, 2.24) is 15.5 Å². The molecule has 1 heterocycles. The molecule has 2 amide bonds. The van der Waals surface area contributed by atoms with Gasteiger partial charge in [0, 0.05) is 19.9 Å². The predicted octanol–water partition coefficient (Wildman–Crippen LogP) is 0.311. The zero-order valence-electron chi connectivity index (χ0n) is 8.53. The SMILES string of the molecule is CC(=O)NCCC(=O)Nc1nnc(C)s1. The molecular formula is C8H12N4O2S. The third kappa shape index (κ3) is 4.50. The number of rotatable bonds is 4. The number of carbonyl (C=O) groups excluding carboxylic acids is 2. The molecule has 0 unspecified atom stereocenters. The zero-order valence-corrected chi connectivity index (χ0v) is 9.35. The van der Waals surface area contributed by atoms with Gasteiger partial charge < -0.3 is 10.6 Å². The van der Waals surface area contributed by atoms with Gasteiger partial charge in [0.05, 0.1) is 0 Å². The van der Waals surface area contributed by atoms with E-state index in [2.05, 4.69) is 20.8 Å². The molecule has 0 bridgehead atoms. The standard InChI is InChI=1S/C8H12N4O2S/c1-5(13)9-4-3-7(14)10-8-12-11-6(2)15-8/h3-4H2,1-2H3,(H,9,13)(H,10,12,14). The van der Waals surface area contributed by atoms with Crippen LogP contribution in [0.3, 0.4) is 0 Å². The van der Waals surface area contributed by atoms with Gasteiger partial charge in [-0.15, -0.1) is 10.2 Å². The lowest BCUT2D eigenvalue weighted by molar-refractivity contribution is -0.119. The minimum atomic E-state index is -0.181. The van der Waals surface area contributed by atoms with E-state index in [1.165, 1.54) is 18.3 Å². The third-order valence-electron chi connectivity index (χ3n) is 1.50. The summed E-state index contributed by atoms with van der Waals surface area (Å²) < 4.78 is 0. The Bertz CT molecular complexity index is 363. The number of amides is 2. The number of nitrogens with zero attached hydrogens (tertiary/aromatic N) is 2. The molecule has 7 heteroatoms. The van der Waals surface area contributed by atoms with E-state index in [4.69, 9.17) is 0 Å². The molecule has 0 atom stereocenters. The minimum absolute atomic E-state index is 0.144. The second kappa shape index (κ2) is 5.40. The number of nitrogens with one attached hydrogen (secondary N) is 2. The number of aromatic nitrogens is 2. The van der Waals surface area contributed by atoms with Crippen LogP contribution in [0.25, 0.3) is 0 Å². The maximum atomic E-state index is 11.3. The molecule has 0 aliphatic carbocycles.